The molecule has 2 aromatic rings. The van der Waals surface area contributed by atoms with Gasteiger partial charge in [0.05, 0.1) is 31.1 Å². The number of aromatic nitrogens is 2. The normalized spacial score (nSPS) is 11.4. The van der Waals surface area contributed by atoms with Crippen LogP contribution in [0.3, 0.4) is 0 Å². The average molecular weight is 300 g/mol. The summed E-state index contributed by atoms with van der Waals surface area (Å²) in [7, 11) is 3.19. The predicted octanol–water partition coefficient (Wildman–Crippen LogP) is 3.49. The summed E-state index contributed by atoms with van der Waals surface area (Å²) in [6.45, 7) is 0. The molecule has 1 aromatic heterocycles. The van der Waals surface area contributed by atoms with E-state index in [1.165, 1.54) is 9.13 Å². The molecule has 0 aliphatic carbocycles. The van der Waals surface area contributed by atoms with Crippen molar-refractivity contribution in [1.29, 1.82) is 0 Å². The average Bonchev–Trinajstić information content (AvgIpc) is 2.48. The molecule has 86 valence electrons. The van der Waals surface area contributed by atoms with Crippen LogP contribution in [0.5, 0.6) is 0 Å². The molecule has 0 spiro atoms. The summed E-state index contributed by atoms with van der Waals surface area (Å²) in [6, 6.07) is 0. The lowest BCUT2D eigenvalue weighted by molar-refractivity contribution is 0.795. The highest BCUT2D eigenvalue weighted by Gasteiger charge is 2.21. The number of rotatable bonds is 0. The Labute approximate surface area is 111 Å². The number of hydrogen-bond donors (Lipinski definition) is 0. The Bertz CT molecular complexity index is 602. The molecule has 0 radical (unpaired) electrons. The molecule has 0 N–H and O–H groups in total. The standard InChI is InChI=1S/C9H6Cl4N2O/c1-14-7-5(12)3(10)4(11)6(13)8(7)15(2)9(14)16/h1-2H3. The van der Waals surface area contributed by atoms with E-state index in [9.17, 15) is 4.79 Å². The molecule has 0 saturated heterocycles. The van der Waals surface area contributed by atoms with Crippen LogP contribution >= 0.6 is 46.4 Å². The second-order valence-electron chi connectivity index (χ2n) is 3.35. The van der Waals surface area contributed by atoms with Crippen molar-refractivity contribution in [3.05, 3.63) is 30.6 Å². The van der Waals surface area contributed by atoms with Gasteiger partial charge in [0, 0.05) is 14.1 Å². The summed E-state index contributed by atoms with van der Waals surface area (Å²) in [5.41, 5.74) is 0.722. The highest BCUT2D eigenvalue weighted by molar-refractivity contribution is 6.55. The van der Waals surface area contributed by atoms with Crippen LogP contribution in [0.1, 0.15) is 0 Å². The molecule has 0 atom stereocenters. The van der Waals surface area contributed by atoms with E-state index in [2.05, 4.69) is 0 Å². The number of benzene rings is 1. The minimum atomic E-state index is -0.239. The van der Waals surface area contributed by atoms with Gasteiger partial charge in [0.1, 0.15) is 0 Å². The fraction of sp³-hybridized carbons (Fsp3) is 0.222. The molecule has 2 rings (SSSR count). The second kappa shape index (κ2) is 3.84. The Balaban J connectivity index is 3.22. The largest absolute Gasteiger partial charge is 0.328 e. The molecule has 0 amide bonds. The van der Waals surface area contributed by atoms with Crippen molar-refractivity contribution in [1.82, 2.24) is 9.13 Å². The third kappa shape index (κ3) is 1.39. The van der Waals surface area contributed by atoms with Gasteiger partial charge < -0.3 is 0 Å². The van der Waals surface area contributed by atoms with Crippen LogP contribution in [0, 0.1) is 0 Å². The molecule has 3 nitrogen and oxygen atoms in total. The fourth-order valence-corrected chi connectivity index (χ4v) is 2.72. The molecule has 16 heavy (non-hydrogen) atoms. The smallest absolute Gasteiger partial charge is 0.293 e. The van der Waals surface area contributed by atoms with Crippen LogP contribution in [0.4, 0.5) is 0 Å². The van der Waals surface area contributed by atoms with Gasteiger partial charge in [0.15, 0.2) is 0 Å². The first kappa shape index (κ1) is 12.1. The number of fused-ring (bicyclic) bond motifs is 1. The summed E-state index contributed by atoms with van der Waals surface area (Å²) in [5.74, 6) is 0. The van der Waals surface area contributed by atoms with E-state index in [0.29, 0.717) is 11.0 Å². The van der Waals surface area contributed by atoms with Crippen LogP contribution in [-0.4, -0.2) is 9.13 Å². The maximum absolute atomic E-state index is 11.7. The van der Waals surface area contributed by atoms with Crippen molar-refractivity contribution in [3.63, 3.8) is 0 Å². The van der Waals surface area contributed by atoms with Crippen molar-refractivity contribution in [2.75, 3.05) is 0 Å². The van der Waals surface area contributed by atoms with Gasteiger partial charge in [-0.05, 0) is 0 Å². The fourth-order valence-electron chi connectivity index (χ4n) is 1.64. The first-order chi connectivity index (χ1) is 7.37. The minimum Gasteiger partial charge on any atom is -0.293 e. The lowest BCUT2D eigenvalue weighted by atomic mass is 10.3. The van der Waals surface area contributed by atoms with Crippen molar-refractivity contribution in [2.24, 2.45) is 14.1 Å². The Morgan fingerprint density at radius 1 is 0.750 bits per heavy atom. The number of hydrogen-bond acceptors (Lipinski definition) is 1. The number of aryl methyl sites for hydroxylation is 2. The van der Waals surface area contributed by atoms with E-state index in [1.807, 2.05) is 0 Å². The molecule has 0 fully saturated rings. The predicted molar refractivity (Wildman–Crippen MR) is 68.2 cm³/mol. The SMILES string of the molecule is Cn1c(=O)n(C)c2c(Cl)c(Cl)c(Cl)c(Cl)c21. The van der Waals surface area contributed by atoms with Crippen LogP contribution in [0.2, 0.25) is 20.1 Å². The van der Waals surface area contributed by atoms with Crippen molar-refractivity contribution in [3.8, 4) is 0 Å². The van der Waals surface area contributed by atoms with Gasteiger partial charge in [-0.3, -0.25) is 9.13 Å². The molecule has 0 aliphatic heterocycles. The summed E-state index contributed by atoms with van der Waals surface area (Å²) in [6.07, 6.45) is 0. The molecular weight excluding hydrogens is 294 g/mol. The van der Waals surface area contributed by atoms with Crippen molar-refractivity contribution >= 4 is 57.4 Å². The summed E-state index contributed by atoms with van der Waals surface area (Å²) in [5, 5.41) is 0.765. The van der Waals surface area contributed by atoms with E-state index < -0.39 is 0 Å². The zero-order valence-corrected chi connectivity index (χ0v) is 11.3. The number of imidazole rings is 1. The van der Waals surface area contributed by atoms with Crippen molar-refractivity contribution < 1.29 is 0 Å². The lowest BCUT2D eigenvalue weighted by Crippen LogP contribution is -2.19. The van der Waals surface area contributed by atoms with Gasteiger partial charge in [-0.15, -0.1) is 0 Å². The first-order valence-corrected chi connectivity index (χ1v) is 5.76. The summed E-state index contributed by atoms with van der Waals surface area (Å²) in [4.78, 5) is 11.7. The maximum Gasteiger partial charge on any atom is 0.328 e. The zero-order valence-electron chi connectivity index (χ0n) is 8.31. The van der Waals surface area contributed by atoms with Gasteiger partial charge in [-0.1, -0.05) is 46.4 Å². The van der Waals surface area contributed by atoms with Gasteiger partial charge >= 0.3 is 5.69 Å². The van der Waals surface area contributed by atoms with E-state index >= 15 is 0 Å². The molecular formula is C9H6Cl4N2O. The number of halogens is 4. The minimum absolute atomic E-state index is 0.155. The molecule has 1 aromatic carbocycles. The highest BCUT2D eigenvalue weighted by Crippen LogP contribution is 2.42. The molecule has 0 aliphatic rings. The van der Waals surface area contributed by atoms with E-state index in [-0.39, 0.29) is 25.8 Å². The maximum atomic E-state index is 11.7. The first-order valence-electron chi connectivity index (χ1n) is 4.25. The van der Waals surface area contributed by atoms with Crippen LogP contribution in [-0.2, 0) is 14.1 Å². The van der Waals surface area contributed by atoms with Crippen LogP contribution in [0.15, 0.2) is 4.79 Å². The molecule has 7 heteroatoms. The topological polar surface area (TPSA) is 26.9 Å². The van der Waals surface area contributed by atoms with E-state index in [4.69, 9.17) is 46.4 Å². The Morgan fingerprint density at radius 3 is 1.38 bits per heavy atom. The molecule has 0 bridgehead atoms. The lowest BCUT2D eigenvalue weighted by Gasteiger charge is -2.06. The quantitative estimate of drug-likeness (QED) is 0.540. The van der Waals surface area contributed by atoms with Crippen molar-refractivity contribution in [2.45, 2.75) is 0 Å². The summed E-state index contributed by atoms with van der Waals surface area (Å²) < 4.78 is 2.76. The molecule has 1 heterocycles. The Morgan fingerprint density at radius 2 is 1.06 bits per heavy atom. The van der Waals surface area contributed by atoms with Gasteiger partial charge in [0.2, 0.25) is 0 Å². The van der Waals surface area contributed by atoms with Crippen LogP contribution in [0.25, 0.3) is 11.0 Å². The molecule has 0 unspecified atom stereocenters. The molecule has 0 saturated carbocycles. The van der Waals surface area contributed by atoms with Gasteiger partial charge in [-0.25, -0.2) is 4.79 Å². The third-order valence-electron chi connectivity index (χ3n) is 2.46. The van der Waals surface area contributed by atoms with Gasteiger partial charge in [0.25, 0.3) is 0 Å². The highest BCUT2D eigenvalue weighted by atomic mass is 35.5. The van der Waals surface area contributed by atoms with Crippen LogP contribution < -0.4 is 5.69 Å². The zero-order chi connectivity index (χ0) is 12.2. The van der Waals surface area contributed by atoms with E-state index in [0.717, 1.165) is 0 Å². The van der Waals surface area contributed by atoms with Gasteiger partial charge in [-0.2, -0.15) is 0 Å². The summed E-state index contributed by atoms with van der Waals surface area (Å²) >= 11 is 23.9. The second-order valence-corrected chi connectivity index (χ2v) is 4.87. The number of nitrogens with zero attached hydrogens (tertiary/aromatic N) is 2. The monoisotopic (exact) mass is 298 g/mol. The third-order valence-corrected chi connectivity index (χ3v) is 4.25. The van der Waals surface area contributed by atoms with E-state index in [1.54, 1.807) is 14.1 Å². The Kier molecular flexibility index (Phi) is 2.91. The Hall–Kier alpha value is -0.350.